The Labute approximate surface area is 199 Å². The third kappa shape index (κ3) is 4.76. The van der Waals surface area contributed by atoms with Crippen molar-refractivity contribution >= 4 is 23.2 Å². The van der Waals surface area contributed by atoms with Crippen LogP contribution in [0.1, 0.15) is 22.8 Å². The molecule has 0 aliphatic rings. The van der Waals surface area contributed by atoms with Crippen LogP contribution in [0.4, 0.5) is 11.4 Å². The maximum absolute atomic E-state index is 12.8. The molecule has 174 valence electrons. The van der Waals surface area contributed by atoms with E-state index in [0.717, 1.165) is 11.1 Å². The second-order valence-electron chi connectivity index (χ2n) is 8.28. The van der Waals surface area contributed by atoms with Crippen LogP contribution in [0.2, 0.25) is 0 Å². The highest BCUT2D eigenvalue weighted by Crippen LogP contribution is 2.25. The molecule has 0 saturated heterocycles. The molecule has 34 heavy (non-hydrogen) atoms. The number of aryl methyl sites for hydroxylation is 6. The van der Waals surface area contributed by atoms with Crippen molar-refractivity contribution in [2.75, 3.05) is 0 Å². The van der Waals surface area contributed by atoms with Gasteiger partial charge in [-0.25, -0.2) is 18.3 Å². The average molecular weight is 457 g/mol. The molecule has 0 bridgehead atoms. The van der Waals surface area contributed by atoms with Gasteiger partial charge in [0.1, 0.15) is 24.8 Å². The zero-order valence-electron chi connectivity index (χ0n) is 19.8. The van der Waals surface area contributed by atoms with Gasteiger partial charge in [0.05, 0.1) is 51.4 Å². The maximum atomic E-state index is 12.8. The molecule has 0 N–H and O–H groups in total. The third-order valence-electron chi connectivity index (χ3n) is 5.84. The van der Waals surface area contributed by atoms with Gasteiger partial charge in [-0.2, -0.15) is 0 Å². The molecule has 0 amide bonds. The van der Waals surface area contributed by atoms with Crippen molar-refractivity contribution in [2.45, 2.75) is 12.8 Å². The van der Waals surface area contributed by atoms with E-state index in [4.69, 9.17) is 0 Å². The minimum Gasteiger partial charge on any atom is -0.853 e. The molecule has 0 atom stereocenters. The van der Waals surface area contributed by atoms with Crippen molar-refractivity contribution in [3.63, 3.8) is 0 Å². The number of para-hydroxylation sites is 2. The third-order valence-corrected chi connectivity index (χ3v) is 5.84. The van der Waals surface area contributed by atoms with E-state index in [2.05, 4.69) is 9.98 Å². The molecule has 2 heterocycles. The van der Waals surface area contributed by atoms with Crippen LogP contribution in [-0.4, -0.2) is 20.9 Å². The lowest BCUT2D eigenvalue weighted by Crippen LogP contribution is -2.39. The van der Waals surface area contributed by atoms with Gasteiger partial charge in [-0.3, -0.25) is 9.98 Å². The van der Waals surface area contributed by atoms with Gasteiger partial charge >= 0.3 is 0 Å². The molecule has 2 aromatic heterocycles. The Morgan fingerprint density at radius 2 is 1.09 bits per heavy atom. The second-order valence-corrected chi connectivity index (χ2v) is 8.28. The number of hydrogen-bond donors (Lipinski definition) is 0. The first-order valence-electron chi connectivity index (χ1n) is 11.0. The van der Waals surface area contributed by atoms with Gasteiger partial charge in [0.15, 0.2) is 0 Å². The van der Waals surface area contributed by atoms with E-state index in [1.165, 1.54) is 0 Å². The SMILES string of the molecule is Cn1cc[n+](C)c1/C([O-])=N\c1ccccc1CCc1ccccc1/N=C(/[O-])c1n(C)cc[n+]1C. The predicted octanol–water partition coefficient (Wildman–Crippen LogP) is 0.675. The Balaban J connectivity index is 1.59. The molecule has 2 aromatic carbocycles. The van der Waals surface area contributed by atoms with Gasteiger partial charge in [0.25, 0.3) is 11.6 Å². The van der Waals surface area contributed by atoms with Crippen molar-refractivity contribution < 1.29 is 19.3 Å². The van der Waals surface area contributed by atoms with Gasteiger partial charge in [0, 0.05) is 0 Å². The van der Waals surface area contributed by atoms with Crippen LogP contribution in [0, 0.1) is 0 Å². The lowest BCUT2D eigenvalue weighted by Gasteiger charge is -2.12. The highest BCUT2D eigenvalue weighted by atomic mass is 16.3. The van der Waals surface area contributed by atoms with Crippen molar-refractivity contribution in [2.24, 2.45) is 38.2 Å². The highest BCUT2D eigenvalue weighted by molar-refractivity contribution is 5.88. The molecule has 8 nitrogen and oxygen atoms in total. The molecular formula is C26H28N6O2. The lowest BCUT2D eigenvalue weighted by molar-refractivity contribution is -0.674. The Hall–Kier alpha value is -4.20. The zero-order chi connectivity index (χ0) is 24.2. The van der Waals surface area contributed by atoms with Crippen LogP contribution in [0.25, 0.3) is 0 Å². The summed E-state index contributed by atoms with van der Waals surface area (Å²) in [4.78, 5) is 8.79. The first kappa shape index (κ1) is 23.0. The monoisotopic (exact) mass is 456 g/mol. The summed E-state index contributed by atoms with van der Waals surface area (Å²) in [7, 11) is 7.30. The van der Waals surface area contributed by atoms with Crippen molar-refractivity contribution in [1.82, 2.24) is 9.13 Å². The summed E-state index contributed by atoms with van der Waals surface area (Å²) in [6.07, 6.45) is 8.62. The maximum Gasteiger partial charge on any atom is 0.292 e. The summed E-state index contributed by atoms with van der Waals surface area (Å²) in [6, 6.07) is 15.3. The Kier molecular flexibility index (Phi) is 6.58. The van der Waals surface area contributed by atoms with Crippen LogP contribution < -0.4 is 19.3 Å². The second kappa shape index (κ2) is 9.74. The number of imidazole rings is 2. The highest BCUT2D eigenvalue weighted by Gasteiger charge is 2.14. The average Bonchev–Trinajstić information content (AvgIpc) is 3.33. The van der Waals surface area contributed by atoms with Crippen LogP contribution in [-0.2, 0) is 41.0 Å². The molecule has 4 rings (SSSR count). The fraction of sp³-hybridized carbons (Fsp3) is 0.231. The van der Waals surface area contributed by atoms with E-state index < -0.39 is 0 Å². The summed E-state index contributed by atoms with van der Waals surface area (Å²) in [5.41, 5.74) is 3.22. The quantitative estimate of drug-likeness (QED) is 0.233. The number of rotatable bonds is 7. The summed E-state index contributed by atoms with van der Waals surface area (Å²) < 4.78 is 7.04. The molecule has 0 unspecified atom stereocenters. The number of nitrogens with zero attached hydrogens (tertiary/aromatic N) is 6. The van der Waals surface area contributed by atoms with Crippen molar-refractivity contribution in [3.05, 3.63) is 96.1 Å². The first-order valence-corrected chi connectivity index (χ1v) is 11.0. The smallest absolute Gasteiger partial charge is 0.292 e. The number of hydrogen-bond acceptors (Lipinski definition) is 4. The number of aromatic nitrogens is 4. The Bertz CT molecular complexity index is 1230. The summed E-state index contributed by atoms with van der Waals surface area (Å²) in [6.45, 7) is 0. The topological polar surface area (TPSA) is 88.5 Å². The van der Waals surface area contributed by atoms with Gasteiger partial charge in [-0.1, -0.05) is 36.4 Å². The van der Waals surface area contributed by atoms with E-state index in [0.29, 0.717) is 35.9 Å². The minimum absolute atomic E-state index is 0.293. The van der Waals surface area contributed by atoms with Crippen LogP contribution in [0.15, 0.2) is 83.3 Å². The van der Waals surface area contributed by atoms with Gasteiger partial charge in [-0.15, -0.1) is 0 Å². The standard InChI is InChI=1S/C26H28N6O2/c1-29-15-16-30(2)25(29)23(33)27-21-11-7-5-9-19(21)13-14-20-10-6-8-12-22(20)28-24(34)26-31(3)17-18-32(26)4/h5-12,15-18H,13-14H2,1-4H3. The van der Waals surface area contributed by atoms with Crippen molar-refractivity contribution in [3.8, 4) is 0 Å². The Morgan fingerprint density at radius 1 is 0.706 bits per heavy atom. The molecule has 8 heteroatoms. The first-order chi connectivity index (χ1) is 16.3. The predicted molar refractivity (Wildman–Crippen MR) is 126 cm³/mol. The molecule has 0 fully saturated rings. The molecule has 0 radical (unpaired) electrons. The largest absolute Gasteiger partial charge is 0.853 e. The zero-order valence-corrected chi connectivity index (χ0v) is 19.8. The molecule has 0 aliphatic carbocycles. The summed E-state index contributed by atoms with van der Waals surface area (Å²) in [5.74, 6) is 0.426. The molecular weight excluding hydrogens is 428 g/mol. The normalized spacial score (nSPS) is 12.4. The Morgan fingerprint density at radius 3 is 1.44 bits per heavy atom. The molecule has 4 aromatic rings. The lowest BCUT2D eigenvalue weighted by atomic mass is 10.0. The van der Waals surface area contributed by atoms with Gasteiger partial charge in [0.2, 0.25) is 0 Å². The minimum atomic E-state index is -0.293. The fourth-order valence-electron chi connectivity index (χ4n) is 4.03. The molecule has 0 aliphatic heterocycles. The van der Waals surface area contributed by atoms with Gasteiger partial charge < -0.3 is 10.2 Å². The van der Waals surface area contributed by atoms with Crippen LogP contribution in [0.5, 0.6) is 0 Å². The molecule has 0 spiro atoms. The van der Waals surface area contributed by atoms with E-state index >= 15 is 0 Å². The van der Waals surface area contributed by atoms with Gasteiger partial charge in [-0.05, 0) is 36.1 Å². The fourth-order valence-corrected chi connectivity index (χ4v) is 4.03. The summed E-state index contributed by atoms with van der Waals surface area (Å²) >= 11 is 0. The number of aliphatic imine (C=N–C) groups is 2. The molecule has 0 saturated carbocycles. The van der Waals surface area contributed by atoms with Crippen molar-refractivity contribution in [1.29, 1.82) is 0 Å². The van der Waals surface area contributed by atoms with Crippen LogP contribution in [0.3, 0.4) is 0 Å². The summed E-state index contributed by atoms with van der Waals surface area (Å²) in [5, 5.41) is 25.6. The number of benzene rings is 2. The van der Waals surface area contributed by atoms with Crippen LogP contribution >= 0.6 is 0 Å². The van der Waals surface area contributed by atoms with E-state index in [9.17, 15) is 10.2 Å². The van der Waals surface area contributed by atoms with E-state index in [1.807, 2.05) is 102 Å². The van der Waals surface area contributed by atoms with E-state index in [-0.39, 0.29) is 11.8 Å². The van der Waals surface area contributed by atoms with E-state index in [1.54, 1.807) is 18.3 Å².